The third-order valence-corrected chi connectivity index (χ3v) is 5.42. The average Bonchev–Trinajstić information content (AvgIpc) is 3.12. The molecular weight excluding hydrogens is 342 g/mol. The lowest BCUT2D eigenvalue weighted by Crippen LogP contribution is -2.44. The highest BCUT2D eigenvalue weighted by Crippen LogP contribution is 2.47. The molecule has 2 aliphatic rings. The van der Waals surface area contributed by atoms with Gasteiger partial charge in [-0.15, -0.1) is 5.01 Å². The number of benzene rings is 1. The summed E-state index contributed by atoms with van der Waals surface area (Å²) in [5, 5.41) is 7.74. The maximum absolute atomic E-state index is 12.7. The topological polar surface area (TPSA) is 74.9 Å². The minimum absolute atomic E-state index is 0.345. The summed E-state index contributed by atoms with van der Waals surface area (Å²) in [7, 11) is 0. The molecule has 1 N–H and O–H groups in total. The highest BCUT2D eigenvalue weighted by Gasteiger charge is 2.47. The van der Waals surface area contributed by atoms with Crippen LogP contribution in [0, 0.1) is 5.92 Å². The SMILES string of the molecule is C[C@@H]1C[C@H]1c1ccc(/C=N\N2C(=O)N[C@](C)(CCc3ccccc3)C2=O)o1. The fourth-order valence-electron chi connectivity index (χ4n) is 3.45. The van der Waals surface area contributed by atoms with Gasteiger partial charge in [0.05, 0.1) is 6.21 Å². The molecule has 3 amide bonds. The van der Waals surface area contributed by atoms with Crippen molar-refractivity contribution in [3.8, 4) is 0 Å². The van der Waals surface area contributed by atoms with Crippen LogP contribution in [0.25, 0.3) is 0 Å². The van der Waals surface area contributed by atoms with E-state index in [4.69, 9.17) is 4.42 Å². The molecule has 1 aromatic heterocycles. The predicted molar refractivity (Wildman–Crippen MR) is 101 cm³/mol. The Labute approximate surface area is 158 Å². The van der Waals surface area contributed by atoms with Crippen LogP contribution < -0.4 is 5.32 Å². The molecule has 140 valence electrons. The van der Waals surface area contributed by atoms with E-state index in [1.54, 1.807) is 6.92 Å². The number of carbonyl (C=O) groups excluding carboxylic acids is 2. The number of hydrogen-bond acceptors (Lipinski definition) is 4. The second kappa shape index (κ2) is 6.68. The average molecular weight is 365 g/mol. The van der Waals surface area contributed by atoms with Gasteiger partial charge in [-0.1, -0.05) is 37.3 Å². The van der Waals surface area contributed by atoms with Crippen LogP contribution in [0.4, 0.5) is 4.79 Å². The van der Waals surface area contributed by atoms with Crippen LogP contribution in [0.3, 0.4) is 0 Å². The molecule has 1 saturated heterocycles. The molecule has 0 radical (unpaired) electrons. The molecular formula is C21H23N3O3. The Hall–Kier alpha value is -2.89. The van der Waals surface area contributed by atoms with Gasteiger partial charge >= 0.3 is 6.03 Å². The van der Waals surface area contributed by atoms with Crippen molar-refractivity contribution in [2.24, 2.45) is 11.0 Å². The van der Waals surface area contributed by atoms with E-state index in [0.717, 1.165) is 22.8 Å². The van der Waals surface area contributed by atoms with Crippen molar-refractivity contribution < 1.29 is 14.0 Å². The van der Waals surface area contributed by atoms with Gasteiger partial charge in [0.15, 0.2) is 0 Å². The van der Waals surface area contributed by atoms with Gasteiger partial charge in [0.1, 0.15) is 17.1 Å². The van der Waals surface area contributed by atoms with Crippen LogP contribution in [0.1, 0.15) is 49.7 Å². The predicted octanol–water partition coefficient (Wildman–Crippen LogP) is 3.68. The van der Waals surface area contributed by atoms with Crippen molar-refractivity contribution in [3.63, 3.8) is 0 Å². The smallest absolute Gasteiger partial charge is 0.346 e. The Morgan fingerprint density at radius 2 is 2.00 bits per heavy atom. The molecule has 6 heteroatoms. The fourth-order valence-corrected chi connectivity index (χ4v) is 3.45. The van der Waals surface area contributed by atoms with Crippen LogP contribution in [0.5, 0.6) is 0 Å². The van der Waals surface area contributed by atoms with E-state index < -0.39 is 11.6 Å². The van der Waals surface area contributed by atoms with Gasteiger partial charge in [-0.05, 0) is 49.8 Å². The van der Waals surface area contributed by atoms with Crippen LogP contribution in [0.2, 0.25) is 0 Å². The Bertz CT molecular complexity index is 889. The Kier molecular flexibility index (Phi) is 4.34. The first-order valence-corrected chi connectivity index (χ1v) is 9.30. The molecule has 0 unspecified atom stereocenters. The van der Waals surface area contributed by atoms with Crippen molar-refractivity contribution >= 4 is 18.2 Å². The second-order valence-corrected chi connectivity index (χ2v) is 7.67. The molecule has 6 nitrogen and oxygen atoms in total. The number of hydrogen-bond donors (Lipinski definition) is 1. The highest BCUT2D eigenvalue weighted by atomic mass is 16.3. The Balaban J connectivity index is 1.42. The number of nitrogens with zero attached hydrogens (tertiary/aromatic N) is 2. The molecule has 0 bridgehead atoms. The summed E-state index contributed by atoms with van der Waals surface area (Å²) >= 11 is 0. The summed E-state index contributed by atoms with van der Waals surface area (Å²) < 4.78 is 5.75. The first kappa shape index (κ1) is 17.5. The number of urea groups is 1. The summed E-state index contributed by atoms with van der Waals surface area (Å²) in [4.78, 5) is 25.0. The second-order valence-electron chi connectivity index (χ2n) is 7.67. The molecule has 1 aliphatic carbocycles. The zero-order chi connectivity index (χ0) is 19.0. The molecule has 0 spiro atoms. The number of hydrazone groups is 1. The zero-order valence-electron chi connectivity index (χ0n) is 15.5. The van der Waals surface area contributed by atoms with Gasteiger partial charge < -0.3 is 9.73 Å². The molecule has 2 fully saturated rings. The summed E-state index contributed by atoms with van der Waals surface area (Å²) in [6.45, 7) is 3.93. The largest absolute Gasteiger partial charge is 0.460 e. The third kappa shape index (κ3) is 3.52. The van der Waals surface area contributed by atoms with E-state index in [0.29, 0.717) is 30.4 Å². The van der Waals surface area contributed by atoms with E-state index in [1.165, 1.54) is 6.21 Å². The minimum atomic E-state index is -0.956. The molecule has 1 aromatic carbocycles. The lowest BCUT2D eigenvalue weighted by molar-refractivity contribution is -0.130. The minimum Gasteiger partial charge on any atom is -0.460 e. The number of rotatable bonds is 6. The molecule has 1 saturated carbocycles. The Morgan fingerprint density at radius 1 is 1.26 bits per heavy atom. The standard InChI is InChI=1S/C21H23N3O3/c1-14-12-17(14)18-9-8-16(27-18)13-22-24-19(25)21(2,23-20(24)26)11-10-15-6-4-3-5-7-15/h3-9,13-14,17H,10-12H2,1-2H3,(H,23,26)/b22-13-/t14-,17-,21-/m1/s1. The lowest BCUT2D eigenvalue weighted by Gasteiger charge is -2.20. The first-order chi connectivity index (χ1) is 13.0. The van der Waals surface area contributed by atoms with Gasteiger partial charge in [-0.3, -0.25) is 4.79 Å². The first-order valence-electron chi connectivity index (χ1n) is 9.30. The number of furan rings is 1. The van der Waals surface area contributed by atoms with Crippen LogP contribution in [0.15, 0.2) is 52.0 Å². The number of aryl methyl sites for hydroxylation is 1. The van der Waals surface area contributed by atoms with Crippen LogP contribution in [-0.4, -0.2) is 28.7 Å². The van der Waals surface area contributed by atoms with E-state index in [-0.39, 0.29) is 5.91 Å². The number of imide groups is 1. The summed E-state index contributed by atoms with van der Waals surface area (Å²) in [6, 6.07) is 13.1. The summed E-state index contributed by atoms with van der Waals surface area (Å²) in [5.41, 5.74) is 0.169. The molecule has 2 heterocycles. The fraction of sp³-hybridized carbons (Fsp3) is 0.381. The van der Waals surface area contributed by atoms with Crippen molar-refractivity contribution in [3.05, 3.63) is 59.5 Å². The van der Waals surface area contributed by atoms with E-state index in [1.807, 2.05) is 42.5 Å². The molecule has 3 atom stereocenters. The Morgan fingerprint density at radius 3 is 2.70 bits per heavy atom. The van der Waals surface area contributed by atoms with Crippen molar-refractivity contribution in [2.75, 3.05) is 0 Å². The summed E-state index contributed by atoms with van der Waals surface area (Å²) in [6.07, 6.45) is 3.77. The lowest BCUT2D eigenvalue weighted by atomic mass is 9.93. The quantitative estimate of drug-likeness (QED) is 0.627. The number of amides is 3. The van der Waals surface area contributed by atoms with Gasteiger partial charge in [0.25, 0.3) is 5.91 Å². The maximum Gasteiger partial charge on any atom is 0.346 e. The molecule has 27 heavy (non-hydrogen) atoms. The molecule has 1 aliphatic heterocycles. The van der Waals surface area contributed by atoms with Crippen molar-refractivity contribution in [1.82, 2.24) is 10.3 Å². The summed E-state index contributed by atoms with van der Waals surface area (Å²) in [5.74, 6) is 2.26. The number of carbonyl (C=O) groups is 2. The van der Waals surface area contributed by atoms with Gasteiger partial charge in [-0.2, -0.15) is 5.10 Å². The molecule has 4 rings (SSSR count). The van der Waals surface area contributed by atoms with E-state index in [9.17, 15) is 9.59 Å². The van der Waals surface area contributed by atoms with Crippen LogP contribution in [-0.2, 0) is 11.2 Å². The van der Waals surface area contributed by atoms with Crippen molar-refractivity contribution in [2.45, 2.75) is 44.6 Å². The normalized spacial score (nSPS) is 27.4. The highest BCUT2D eigenvalue weighted by molar-refractivity contribution is 6.07. The third-order valence-electron chi connectivity index (χ3n) is 5.42. The molecule has 2 aromatic rings. The van der Waals surface area contributed by atoms with E-state index in [2.05, 4.69) is 17.3 Å². The van der Waals surface area contributed by atoms with Crippen molar-refractivity contribution in [1.29, 1.82) is 0 Å². The zero-order valence-corrected chi connectivity index (χ0v) is 15.5. The van der Waals surface area contributed by atoms with E-state index >= 15 is 0 Å². The van der Waals surface area contributed by atoms with Gasteiger partial charge in [0.2, 0.25) is 0 Å². The number of nitrogens with one attached hydrogen (secondary N) is 1. The monoisotopic (exact) mass is 365 g/mol. The van der Waals surface area contributed by atoms with Crippen LogP contribution >= 0.6 is 0 Å². The van der Waals surface area contributed by atoms with Gasteiger partial charge in [0, 0.05) is 5.92 Å². The maximum atomic E-state index is 12.7. The van der Waals surface area contributed by atoms with Gasteiger partial charge in [-0.25, -0.2) is 4.79 Å².